The minimum Gasteiger partial charge on any atom is -0.331 e. The topological polar surface area (TPSA) is 63.5 Å². The van der Waals surface area contributed by atoms with Crippen molar-refractivity contribution in [1.82, 2.24) is 9.99 Å². The Morgan fingerprint density at radius 1 is 0.966 bits per heavy atom. The second kappa shape index (κ2) is 8.32. The Morgan fingerprint density at radius 3 is 2.14 bits per heavy atom. The van der Waals surface area contributed by atoms with E-state index in [9.17, 15) is 9.59 Å². The fourth-order valence-corrected chi connectivity index (χ4v) is 3.70. The normalized spacial score (nSPS) is 11.3. The Labute approximate surface area is 172 Å². The van der Waals surface area contributed by atoms with E-state index in [-0.39, 0.29) is 17.9 Å². The lowest BCUT2D eigenvalue weighted by Gasteiger charge is -2.14. The number of carbonyl (C=O) groups is 1. The van der Waals surface area contributed by atoms with E-state index < -0.39 is 0 Å². The molecule has 0 radical (unpaired) electrons. The summed E-state index contributed by atoms with van der Waals surface area (Å²) < 4.78 is 1.85. The lowest BCUT2D eigenvalue weighted by Crippen LogP contribution is -2.25. The van der Waals surface area contributed by atoms with E-state index in [4.69, 9.17) is 0 Å². The summed E-state index contributed by atoms with van der Waals surface area (Å²) >= 11 is 1.67. The van der Waals surface area contributed by atoms with Crippen LogP contribution in [0.15, 0.2) is 87.6 Å². The van der Waals surface area contributed by atoms with Crippen LogP contribution in [0.3, 0.4) is 0 Å². The molecule has 0 saturated heterocycles. The van der Waals surface area contributed by atoms with Crippen LogP contribution in [-0.4, -0.2) is 22.9 Å². The highest BCUT2D eigenvalue weighted by Gasteiger charge is 2.12. The number of hydrazone groups is 1. The third-order valence-corrected chi connectivity index (χ3v) is 5.44. The van der Waals surface area contributed by atoms with Crippen LogP contribution in [-0.2, 0) is 11.3 Å². The van der Waals surface area contributed by atoms with Gasteiger partial charge in [-0.25, -0.2) is 5.43 Å². The molecular weight excluding hydrogens is 382 g/mol. The summed E-state index contributed by atoms with van der Waals surface area (Å²) in [4.78, 5) is 26.5. The Morgan fingerprint density at radius 2 is 1.55 bits per heavy atom. The molecule has 3 aromatic carbocycles. The minimum atomic E-state index is -0.263. The average molecular weight is 401 g/mol. The van der Waals surface area contributed by atoms with Crippen molar-refractivity contribution in [3.63, 3.8) is 0 Å². The molecule has 1 amide bonds. The number of nitrogens with one attached hydrogen (secondary N) is 1. The summed E-state index contributed by atoms with van der Waals surface area (Å²) in [6, 6.07) is 22.6. The molecule has 1 heterocycles. The van der Waals surface area contributed by atoms with E-state index in [1.807, 2.05) is 71.5 Å². The highest BCUT2D eigenvalue weighted by Crippen LogP contribution is 2.19. The fraction of sp³-hybridized carbons (Fsp3) is 0.0870. The molecule has 0 unspecified atom stereocenters. The van der Waals surface area contributed by atoms with Gasteiger partial charge in [0, 0.05) is 15.7 Å². The first kappa shape index (κ1) is 19.0. The standard InChI is InChI=1S/C23H19N3O2S/c1-29-17-12-10-16(11-13-17)14-24-25-22(27)15-26-20-8-4-2-6-18(20)23(28)19-7-3-5-9-21(19)26/h2-14H,15H2,1H3,(H,25,27). The quantitative estimate of drug-likeness (QED) is 0.238. The van der Waals surface area contributed by atoms with E-state index >= 15 is 0 Å². The Hall–Kier alpha value is -3.38. The van der Waals surface area contributed by atoms with Crippen molar-refractivity contribution < 1.29 is 4.79 Å². The third-order valence-electron chi connectivity index (χ3n) is 4.70. The molecule has 0 aliphatic heterocycles. The first-order valence-electron chi connectivity index (χ1n) is 9.13. The number of hydrogen-bond donors (Lipinski definition) is 1. The van der Waals surface area contributed by atoms with E-state index in [0.717, 1.165) is 16.6 Å². The number of para-hydroxylation sites is 2. The van der Waals surface area contributed by atoms with Gasteiger partial charge in [-0.1, -0.05) is 36.4 Å². The van der Waals surface area contributed by atoms with E-state index in [1.54, 1.807) is 30.1 Å². The van der Waals surface area contributed by atoms with Crippen LogP contribution >= 0.6 is 11.8 Å². The minimum absolute atomic E-state index is 0.0282. The lowest BCUT2D eigenvalue weighted by molar-refractivity contribution is -0.121. The van der Waals surface area contributed by atoms with Crippen LogP contribution in [0.2, 0.25) is 0 Å². The summed E-state index contributed by atoms with van der Waals surface area (Å²) in [5.41, 5.74) is 4.91. The molecule has 0 fully saturated rings. The molecule has 0 atom stereocenters. The molecule has 0 bridgehead atoms. The van der Waals surface area contributed by atoms with E-state index in [1.165, 1.54) is 4.90 Å². The number of benzene rings is 3. The maximum atomic E-state index is 12.8. The molecule has 6 heteroatoms. The van der Waals surface area contributed by atoms with Gasteiger partial charge < -0.3 is 4.57 Å². The first-order chi connectivity index (χ1) is 14.2. The number of fused-ring (bicyclic) bond motifs is 2. The van der Waals surface area contributed by atoms with Crippen molar-refractivity contribution in [2.45, 2.75) is 11.4 Å². The van der Waals surface area contributed by atoms with Crippen molar-refractivity contribution in [2.24, 2.45) is 5.10 Å². The summed E-state index contributed by atoms with van der Waals surface area (Å²) in [5, 5.41) is 5.25. The second-order valence-electron chi connectivity index (χ2n) is 6.52. The van der Waals surface area contributed by atoms with Gasteiger partial charge in [0.05, 0.1) is 17.2 Å². The van der Waals surface area contributed by atoms with Gasteiger partial charge in [0.15, 0.2) is 5.43 Å². The number of aromatic nitrogens is 1. The zero-order valence-corrected chi connectivity index (χ0v) is 16.6. The Balaban J connectivity index is 1.61. The molecule has 0 aliphatic carbocycles. The number of hydrogen-bond acceptors (Lipinski definition) is 4. The number of amides is 1. The number of pyridine rings is 1. The second-order valence-corrected chi connectivity index (χ2v) is 7.40. The van der Waals surface area contributed by atoms with Crippen LogP contribution in [0.4, 0.5) is 0 Å². The van der Waals surface area contributed by atoms with Crippen LogP contribution in [0.1, 0.15) is 5.56 Å². The summed E-state index contributed by atoms with van der Waals surface area (Å²) in [6.07, 6.45) is 3.64. The van der Waals surface area contributed by atoms with Gasteiger partial charge in [0.25, 0.3) is 5.91 Å². The van der Waals surface area contributed by atoms with Gasteiger partial charge in [-0.2, -0.15) is 5.10 Å². The molecule has 4 rings (SSSR count). The molecule has 0 aliphatic rings. The first-order valence-corrected chi connectivity index (χ1v) is 10.4. The molecule has 1 aromatic heterocycles. The summed E-state index contributed by atoms with van der Waals surface area (Å²) in [7, 11) is 0. The van der Waals surface area contributed by atoms with Gasteiger partial charge in [-0.15, -0.1) is 11.8 Å². The highest BCUT2D eigenvalue weighted by molar-refractivity contribution is 7.98. The third kappa shape index (κ3) is 3.93. The van der Waals surface area contributed by atoms with Gasteiger partial charge in [0.2, 0.25) is 0 Å². The van der Waals surface area contributed by atoms with Crippen LogP contribution in [0.5, 0.6) is 0 Å². The van der Waals surface area contributed by atoms with Crippen molar-refractivity contribution in [1.29, 1.82) is 0 Å². The number of carbonyl (C=O) groups excluding carboxylic acids is 1. The van der Waals surface area contributed by atoms with E-state index in [2.05, 4.69) is 10.5 Å². The molecule has 1 N–H and O–H groups in total. The molecule has 4 aromatic rings. The number of nitrogens with zero attached hydrogens (tertiary/aromatic N) is 2. The predicted molar refractivity (Wildman–Crippen MR) is 120 cm³/mol. The molecule has 0 spiro atoms. The molecule has 29 heavy (non-hydrogen) atoms. The van der Waals surface area contributed by atoms with Crippen LogP contribution in [0, 0.1) is 0 Å². The Bertz CT molecular complexity index is 1220. The molecule has 5 nitrogen and oxygen atoms in total. The van der Waals surface area contributed by atoms with Crippen molar-refractivity contribution in [3.05, 3.63) is 88.6 Å². The summed E-state index contributed by atoms with van der Waals surface area (Å²) in [5.74, 6) is -0.263. The SMILES string of the molecule is CSc1ccc(C=NNC(=O)Cn2c3ccccc3c(=O)c3ccccc32)cc1. The maximum Gasteiger partial charge on any atom is 0.260 e. The van der Waals surface area contributed by atoms with E-state index in [0.29, 0.717) is 10.8 Å². The smallest absolute Gasteiger partial charge is 0.260 e. The molecule has 144 valence electrons. The largest absolute Gasteiger partial charge is 0.331 e. The Kier molecular flexibility index (Phi) is 5.44. The predicted octanol–water partition coefficient (Wildman–Crippen LogP) is 4.03. The van der Waals surface area contributed by atoms with Crippen LogP contribution in [0.25, 0.3) is 21.8 Å². The van der Waals surface area contributed by atoms with Crippen molar-refractivity contribution >= 4 is 45.7 Å². The van der Waals surface area contributed by atoms with Gasteiger partial charge >= 0.3 is 0 Å². The van der Waals surface area contributed by atoms with Gasteiger partial charge in [0.1, 0.15) is 6.54 Å². The zero-order valence-electron chi connectivity index (χ0n) is 15.8. The fourth-order valence-electron chi connectivity index (χ4n) is 3.29. The number of thioether (sulfide) groups is 1. The van der Waals surface area contributed by atoms with Crippen LogP contribution < -0.4 is 10.9 Å². The summed E-state index contributed by atoms with van der Waals surface area (Å²) in [6.45, 7) is 0.0596. The van der Waals surface area contributed by atoms with Gasteiger partial charge in [-0.05, 0) is 48.2 Å². The monoisotopic (exact) mass is 401 g/mol. The van der Waals surface area contributed by atoms with Crippen molar-refractivity contribution in [3.8, 4) is 0 Å². The van der Waals surface area contributed by atoms with Gasteiger partial charge in [-0.3, -0.25) is 9.59 Å². The number of rotatable bonds is 5. The zero-order chi connectivity index (χ0) is 20.2. The highest BCUT2D eigenvalue weighted by atomic mass is 32.2. The molecular formula is C23H19N3O2S. The molecule has 0 saturated carbocycles. The van der Waals surface area contributed by atoms with Crippen molar-refractivity contribution in [2.75, 3.05) is 6.26 Å². The maximum absolute atomic E-state index is 12.8. The average Bonchev–Trinajstić information content (AvgIpc) is 2.77. The lowest BCUT2D eigenvalue weighted by atomic mass is 10.1.